The highest BCUT2D eigenvalue weighted by Crippen LogP contribution is 2.26. The van der Waals surface area contributed by atoms with Gasteiger partial charge in [0.05, 0.1) is 6.61 Å². The molecule has 0 radical (unpaired) electrons. The van der Waals surface area contributed by atoms with Gasteiger partial charge in [-0.05, 0) is 54.9 Å². The van der Waals surface area contributed by atoms with Crippen LogP contribution in [0.3, 0.4) is 0 Å². The molecule has 142 valence electrons. The highest BCUT2D eigenvalue weighted by Gasteiger charge is 2.34. The van der Waals surface area contributed by atoms with Crippen molar-refractivity contribution in [3.63, 3.8) is 0 Å². The summed E-state index contributed by atoms with van der Waals surface area (Å²) in [5.41, 5.74) is 6.47. The Morgan fingerprint density at radius 3 is 2.56 bits per heavy atom. The smallest absolute Gasteiger partial charge is 0.254 e. The third-order valence-corrected chi connectivity index (χ3v) is 4.38. The first-order chi connectivity index (χ1) is 13.1. The minimum atomic E-state index is -0.785. The summed E-state index contributed by atoms with van der Waals surface area (Å²) in [6.07, 6.45) is 0.753. The highest BCUT2D eigenvalue weighted by molar-refractivity contribution is 5.98. The molecule has 3 N–H and O–H groups in total. The normalized spacial score (nSPS) is 16.7. The van der Waals surface area contributed by atoms with Crippen LogP contribution in [-0.4, -0.2) is 43.0 Å². The van der Waals surface area contributed by atoms with Crippen LogP contribution >= 0.6 is 0 Å². The maximum absolute atomic E-state index is 13.2. The molecule has 27 heavy (non-hydrogen) atoms. The Morgan fingerprint density at radius 2 is 1.89 bits per heavy atom. The van der Waals surface area contributed by atoms with Gasteiger partial charge in [-0.1, -0.05) is 12.1 Å². The monoisotopic (exact) mass is 371 g/mol. The highest BCUT2D eigenvalue weighted by atomic mass is 19.1. The van der Waals surface area contributed by atoms with E-state index in [9.17, 15) is 14.0 Å². The molecule has 1 heterocycles. The first kappa shape index (κ1) is 18.8. The number of hydrogen-bond donors (Lipinski definition) is 2. The van der Waals surface area contributed by atoms with Crippen molar-refractivity contribution < 1.29 is 18.7 Å². The molecule has 1 aliphatic heterocycles. The van der Waals surface area contributed by atoms with Gasteiger partial charge in [-0.2, -0.15) is 0 Å². The molecule has 2 amide bonds. The third-order valence-electron chi connectivity index (χ3n) is 4.38. The maximum Gasteiger partial charge on any atom is 0.254 e. The summed E-state index contributed by atoms with van der Waals surface area (Å²) in [5, 5.41) is 2.76. The molecule has 0 aromatic heterocycles. The second-order valence-corrected chi connectivity index (χ2v) is 6.26. The van der Waals surface area contributed by atoms with Crippen molar-refractivity contribution in [3.8, 4) is 5.75 Å². The molecule has 3 rings (SSSR count). The number of hydrogen-bond acceptors (Lipinski definition) is 4. The minimum absolute atomic E-state index is 0.257. The number of benzene rings is 2. The molecule has 1 fully saturated rings. The Kier molecular flexibility index (Phi) is 6.03. The van der Waals surface area contributed by atoms with Crippen LogP contribution in [0.1, 0.15) is 28.4 Å². The van der Waals surface area contributed by atoms with E-state index in [4.69, 9.17) is 10.5 Å². The van der Waals surface area contributed by atoms with E-state index >= 15 is 0 Å². The Hall–Kier alpha value is -2.93. The van der Waals surface area contributed by atoms with E-state index in [0.29, 0.717) is 43.1 Å². The third kappa shape index (κ3) is 4.43. The quantitative estimate of drug-likeness (QED) is 0.759. The van der Waals surface area contributed by atoms with Gasteiger partial charge in [-0.3, -0.25) is 9.59 Å². The number of nitrogens with one attached hydrogen (secondary N) is 1. The van der Waals surface area contributed by atoms with Gasteiger partial charge >= 0.3 is 0 Å². The summed E-state index contributed by atoms with van der Waals surface area (Å²) < 4.78 is 18.8. The predicted molar refractivity (Wildman–Crippen MR) is 98.8 cm³/mol. The zero-order chi connectivity index (χ0) is 19.2. The Morgan fingerprint density at radius 1 is 1.19 bits per heavy atom. The van der Waals surface area contributed by atoms with Gasteiger partial charge in [-0.15, -0.1) is 0 Å². The van der Waals surface area contributed by atoms with E-state index in [1.807, 2.05) is 0 Å². The van der Waals surface area contributed by atoms with Gasteiger partial charge in [0, 0.05) is 18.7 Å². The van der Waals surface area contributed by atoms with E-state index in [-0.39, 0.29) is 11.8 Å². The molecule has 6 nitrogen and oxygen atoms in total. The lowest BCUT2D eigenvalue weighted by Gasteiger charge is -2.35. The molecule has 1 saturated heterocycles. The molecule has 0 aliphatic carbocycles. The fourth-order valence-electron chi connectivity index (χ4n) is 2.99. The molecule has 7 heteroatoms. The van der Waals surface area contributed by atoms with Crippen LogP contribution in [0.4, 0.5) is 4.39 Å². The fraction of sp³-hybridized carbons (Fsp3) is 0.300. The van der Waals surface area contributed by atoms with Crippen molar-refractivity contribution in [3.05, 3.63) is 65.5 Å². The Bertz CT molecular complexity index is 793. The standard InChI is InChI=1S/C20H22FN3O3/c21-16-6-2-14(3-7-16)18-19(25)23-11-12-24(18)20(26)15-4-8-17(9-5-15)27-13-1-10-22/h2-9,18H,1,10-13,22H2,(H,23,25)/t18-/m1/s1. The second kappa shape index (κ2) is 8.64. The van der Waals surface area contributed by atoms with Crippen LogP contribution in [0.15, 0.2) is 48.5 Å². The largest absolute Gasteiger partial charge is 0.494 e. The van der Waals surface area contributed by atoms with E-state index in [1.54, 1.807) is 24.3 Å². The lowest BCUT2D eigenvalue weighted by Crippen LogP contribution is -2.52. The first-order valence-corrected chi connectivity index (χ1v) is 8.87. The van der Waals surface area contributed by atoms with Gasteiger partial charge in [0.2, 0.25) is 5.91 Å². The summed E-state index contributed by atoms with van der Waals surface area (Å²) in [4.78, 5) is 26.9. The number of rotatable bonds is 6. The number of nitrogens with zero attached hydrogens (tertiary/aromatic N) is 1. The fourth-order valence-corrected chi connectivity index (χ4v) is 2.99. The number of piperazine rings is 1. The van der Waals surface area contributed by atoms with Crippen LogP contribution in [0, 0.1) is 5.82 Å². The van der Waals surface area contributed by atoms with Crippen LogP contribution in [-0.2, 0) is 4.79 Å². The van der Waals surface area contributed by atoms with E-state index in [0.717, 1.165) is 6.42 Å². The lowest BCUT2D eigenvalue weighted by atomic mass is 10.0. The van der Waals surface area contributed by atoms with Gasteiger partial charge in [0.25, 0.3) is 5.91 Å². The number of amides is 2. The molecule has 1 atom stereocenters. The number of ether oxygens (including phenoxy) is 1. The molecule has 0 spiro atoms. The van der Waals surface area contributed by atoms with E-state index < -0.39 is 11.9 Å². The lowest BCUT2D eigenvalue weighted by molar-refractivity contribution is -0.128. The van der Waals surface area contributed by atoms with Crippen LogP contribution in [0.5, 0.6) is 5.75 Å². The summed E-state index contributed by atoms with van der Waals surface area (Å²) in [6, 6.07) is 11.6. The number of nitrogens with two attached hydrogens (primary N) is 1. The zero-order valence-corrected chi connectivity index (χ0v) is 14.9. The van der Waals surface area contributed by atoms with Crippen molar-refractivity contribution in [2.75, 3.05) is 26.2 Å². The average Bonchev–Trinajstić information content (AvgIpc) is 2.69. The van der Waals surface area contributed by atoms with Crippen LogP contribution in [0.2, 0.25) is 0 Å². The number of carbonyl (C=O) groups excluding carboxylic acids is 2. The van der Waals surface area contributed by atoms with Gasteiger partial charge in [0.15, 0.2) is 0 Å². The minimum Gasteiger partial charge on any atom is -0.494 e. The van der Waals surface area contributed by atoms with Crippen LogP contribution < -0.4 is 15.8 Å². The SMILES string of the molecule is NCCCOc1ccc(C(=O)N2CCNC(=O)[C@H]2c2ccc(F)cc2)cc1. The molecular weight excluding hydrogens is 349 g/mol. The molecule has 1 aliphatic rings. The van der Waals surface area contributed by atoms with Gasteiger partial charge < -0.3 is 20.7 Å². The summed E-state index contributed by atoms with van der Waals surface area (Å²) in [7, 11) is 0. The van der Waals surface area contributed by atoms with E-state index in [2.05, 4.69) is 5.32 Å². The second-order valence-electron chi connectivity index (χ2n) is 6.26. The molecule has 2 aromatic rings. The van der Waals surface area contributed by atoms with Crippen molar-refractivity contribution in [1.29, 1.82) is 0 Å². The van der Waals surface area contributed by atoms with Crippen molar-refractivity contribution in [2.45, 2.75) is 12.5 Å². The predicted octanol–water partition coefficient (Wildman–Crippen LogP) is 1.87. The van der Waals surface area contributed by atoms with Crippen molar-refractivity contribution in [1.82, 2.24) is 10.2 Å². The Labute approximate surface area is 157 Å². The molecule has 2 aromatic carbocycles. The summed E-state index contributed by atoms with van der Waals surface area (Å²) in [6.45, 7) is 1.82. The Balaban J connectivity index is 1.78. The summed E-state index contributed by atoms with van der Waals surface area (Å²) >= 11 is 0. The van der Waals surface area contributed by atoms with Crippen LogP contribution in [0.25, 0.3) is 0 Å². The number of halogens is 1. The topological polar surface area (TPSA) is 84.7 Å². The van der Waals surface area contributed by atoms with Gasteiger partial charge in [-0.25, -0.2) is 4.39 Å². The molecule has 0 saturated carbocycles. The van der Waals surface area contributed by atoms with E-state index in [1.165, 1.54) is 29.2 Å². The summed E-state index contributed by atoms with van der Waals surface area (Å²) in [5.74, 6) is -0.264. The van der Waals surface area contributed by atoms with Crippen molar-refractivity contribution in [2.24, 2.45) is 5.73 Å². The molecular formula is C20H22FN3O3. The molecule has 0 bridgehead atoms. The first-order valence-electron chi connectivity index (χ1n) is 8.87. The van der Waals surface area contributed by atoms with Gasteiger partial charge in [0.1, 0.15) is 17.6 Å². The number of carbonyl (C=O) groups is 2. The average molecular weight is 371 g/mol. The maximum atomic E-state index is 13.2. The zero-order valence-electron chi connectivity index (χ0n) is 14.9. The van der Waals surface area contributed by atoms with Crippen molar-refractivity contribution >= 4 is 11.8 Å². The molecule has 0 unspecified atom stereocenters.